The van der Waals surface area contributed by atoms with Gasteiger partial charge in [0.25, 0.3) is 0 Å². The number of aliphatic hydroxyl groups is 2. The number of cyclic esters (lactones) is 1. The second-order valence-electron chi connectivity index (χ2n) is 9.98. The normalized spacial score (nSPS) is 41.7. The van der Waals surface area contributed by atoms with E-state index in [0.717, 1.165) is 24.8 Å². The summed E-state index contributed by atoms with van der Waals surface area (Å²) in [6, 6.07) is 0. The zero-order valence-corrected chi connectivity index (χ0v) is 22.0. The number of esters is 1. The second-order valence-corrected chi connectivity index (χ2v) is 10.8. The Balaban J connectivity index is 2.26. The molecule has 3 unspecified atom stereocenters. The van der Waals surface area contributed by atoms with Gasteiger partial charge < -0.3 is 0 Å². The molecular formula is C23H37O6Sn. The topological polar surface area (TPSA) is 96.4 Å². The Bertz CT molecular complexity index is 675. The number of rotatable bonds is 1. The van der Waals surface area contributed by atoms with Crippen molar-refractivity contribution in [1.29, 1.82) is 0 Å². The van der Waals surface area contributed by atoms with Gasteiger partial charge in [0.15, 0.2) is 0 Å². The molecule has 0 aliphatic carbocycles. The molecule has 2 heterocycles. The van der Waals surface area contributed by atoms with E-state index in [1.807, 2.05) is 17.9 Å². The number of ether oxygens (including phenoxy) is 2. The van der Waals surface area contributed by atoms with Crippen molar-refractivity contribution in [3.63, 3.8) is 0 Å². The van der Waals surface area contributed by atoms with E-state index in [4.69, 9.17) is 9.47 Å². The number of hydrogen-bond donors (Lipinski definition) is 2. The maximum absolute atomic E-state index is 13.1. The van der Waals surface area contributed by atoms with Crippen molar-refractivity contribution in [3.05, 3.63) is 9.67 Å². The van der Waals surface area contributed by atoms with Crippen LogP contribution in [0.5, 0.6) is 0 Å². The Morgan fingerprint density at radius 2 is 1.83 bits per heavy atom. The molecule has 6 nitrogen and oxygen atoms in total. The van der Waals surface area contributed by atoms with Crippen molar-refractivity contribution in [1.82, 2.24) is 0 Å². The van der Waals surface area contributed by atoms with Crippen LogP contribution in [0.1, 0.15) is 73.6 Å². The van der Waals surface area contributed by atoms with Gasteiger partial charge in [0.2, 0.25) is 0 Å². The number of carbonyl (C=O) groups excluding carboxylic acids is 2. The van der Waals surface area contributed by atoms with E-state index in [9.17, 15) is 19.8 Å². The summed E-state index contributed by atoms with van der Waals surface area (Å²) in [6.45, 7) is 10.9. The Morgan fingerprint density at radius 1 is 1.20 bits per heavy atom. The van der Waals surface area contributed by atoms with E-state index in [1.165, 1.54) is 22.5 Å². The molecular weight excluding hydrogens is 491 g/mol. The van der Waals surface area contributed by atoms with Crippen molar-refractivity contribution in [2.45, 2.75) is 104 Å². The zero-order valence-electron chi connectivity index (χ0n) is 19.1. The monoisotopic (exact) mass is 529 g/mol. The molecule has 0 spiro atoms. The SMILES string of the molecule is C/C(=[CH]\[Sn])[C@@H]1C[C@@H]2O[C@]2(C)CCCC(C)[C@H](O)C(C)C(=O)C(C)(C)C(O)CC(=O)O1. The van der Waals surface area contributed by atoms with Crippen LogP contribution in [0.15, 0.2) is 9.67 Å². The summed E-state index contributed by atoms with van der Waals surface area (Å²) in [5, 5.41) is 21.4. The summed E-state index contributed by atoms with van der Waals surface area (Å²) in [4.78, 5) is 25.7. The number of fused-ring (bicyclic) bond motifs is 1. The third-order valence-corrected chi connectivity index (χ3v) is 8.44. The Kier molecular flexibility index (Phi) is 8.61. The predicted molar refractivity (Wildman–Crippen MR) is 115 cm³/mol. The van der Waals surface area contributed by atoms with E-state index in [0.29, 0.717) is 6.42 Å². The Morgan fingerprint density at radius 3 is 2.43 bits per heavy atom. The number of epoxide rings is 1. The number of aliphatic hydroxyl groups excluding tert-OH is 2. The van der Waals surface area contributed by atoms with Crippen LogP contribution in [0.25, 0.3) is 0 Å². The summed E-state index contributed by atoms with van der Waals surface area (Å²) in [5.41, 5.74) is -0.420. The number of carbonyl (C=O) groups is 2. The van der Waals surface area contributed by atoms with Crippen LogP contribution in [0, 0.1) is 17.3 Å². The first-order chi connectivity index (χ1) is 13.8. The van der Waals surface area contributed by atoms with Crippen LogP contribution in [-0.2, 0) is 19.1 Å². The summed E-state index contributed by atoms with van der Waals surface area (Å²) < 4.78 is 13.7. The van der Waals surface area contributed by atoms with Gasteiger partial charge in [-0.25, -0.2) is 0 Å². The van der Waals surface area contributed by atoms with E-state index in [2.05, 4.69) is 6.92 Å². The maximum atomic E-state index is 13.1. The zero-order chi connectivity index (χ0) is 22.9. The second kappa shape index (κ2) is 10.0. The first-order valence-corrected chi connectivity index (χ1v) is 12.6. The summed E-state index contributed by atoms with van der Waals surface area (Å²) in [6.07, 6.45) is 0.528. The molecule has 0 aromatic heterocycles. The minimum atomic E-state index is -1.18. The van der Waals surface area contributed by atoms with Crippen LogP contribution >= 0.6 is 0 Å². The summed E-state index contributed by atoms with van der Waals surface area (Å²) >= 11 is 1.23. The van der Waals surface area contributed by atoms with Crippen molar-refractivity contribution < 1.29 is 29.3 Å². The van der Waals surface area contributed by atoms with Crippen LogP contribution < -0.4 is 0 Å². The first-order valence-electron chi connectivity index (χ1n) is 10.9. The molecule has 3 radical (unpaired) electrons. The molecule has 2 aliphatic heterocycles. The fourth-order valence-electron chi connectivity index (χ4n) is 4.39. The van der Waals surface area contributed by atoms with E-state index in [-0.39, 0.29) is 35.9 Å². The predicted octanol–water partition coefficient (Wildman–Crippen LogP) is 2.68. The van der Waals surface area contributed by atoms with Gasteiger partial charge in [-0.05, 0) is 0 Å². The van der Waals surface area contributed by atoms with E-state index >= 15 is 0 Å². The molecule has 2 saturated heterocycles. The van der Waals surface area contributed by atoms with Crippen LogP contribution in [0.4, 0.5) is 0 Å². The molecule has 2 aliphatic rings. The third kappa shape index (κ3) is 5.87. The van der Waals surface area contributed by atoms with Gasteiger partial charge in [0, 0.05) is 0 Å². The van der Waals surface area contributed by atoms with Crippen LogP contribution in [0.3, 0.4) is 0 Å². The van der Waals surface area contributed by atoms with Crippen molar-refractivity contribution in [2.24, 2.45) is 17.3 Å². The fourth-order valence-corrected chi connectivity index (χ4v) is 4.92. The summed E-state index contributed by atoms with van der Waals surface area (Å²) in [7, 11) is 0. The molecule has 30 heavy (non-hydrogen) atoms. The standard InChI is InChI=1S/C23H37O6.Sn/c1-13(2)16-11-18-23(7,29-18)10-8-9-14(3)20(26)15(4)21(27)22(5,6)17(24)12-19(25)28-16;/h1,14-18,20,24,26H,8-12H2,2-7H3;/t14?,15?,16-,17?,18-,20-,23+;/m0./s1. The molecule has 2 rings (SSSR count). The van der Waals surface area contributed by atoms with Gasteiger partial charge in [-0.15, -0.1) is 0 Å². The number of hydrogen-bond acceptors (Lipinski definition) is 6. The quantitative estimate of drug-likeness (QED) is 0.309. The van der Waals surface area contributed by atoms with Gasteiger partial charge in [-0.2, -0.15) is 0 Å². The first kappa shape index (κ1) is 25.8. The Hall–Kier alpha value is -0.441. The van der Waals surface area contributed by atoms with Gasteiger partial charge in [-0.3, -0.25) is 0 Å². The number of Topliss-reactive ketones (excluding diaryl/α,β-unsaturated/α-hetero) is 1. The molecule has 169 valence electrons. The number of ketones is 1. The van der Waals surface area contributed by atoms with Gasteiger partial charge in [-0.1, -0.05) is 0 Å². The fraction of sp³-hybridized carbons (Fsp3) is 0.826. The molecule has 0 aromatic carbocycles. The van der Waals surface area contributed by atoms with Gasteiger partial charge in [0.05, 0.1) is 0 Å². The van der Waals surface area contributed by atoms with E-state index < -0.39 is 29.5 Å². The molecule has 0 saturated carbocycles. The molecule has 0 aromatic rings. The average Bonchev–Trinajstić information content (AvgIpc) is 3.32. The van der Waals surface area contributed by atoms with E-state index in [1.54, 1.807) is 20.8 Å². The molecule has 2 N–H and O–H groups in total. The third-order valence-electron chi connectivity index (χ3n) is 7.14. The van der Waals surface area contributed by atoms with Crippen LogP contribution in [0.2, 0.25) is 0 Å². The average molecular weight is 528 g/mol. The van der Waals surface area contributed by atoms with Crippen LogP contribution in [-0.4, -0.2) is 74.5 Å². The Labute approximate surface area is 193 Å². The molecule has 2 fully saturated rings. The van der Waals surface area contributed by atoms with Crippen molar-refractivity contribution in [2.75, 3.05) is 0 Å². The summed E-state index contributed by atoms with van der Waals surface area (Å²) in [5.74, 6) is -1.44. The van der Waals surface area contributed by atoms with Gasteiger partial charge in [0.1, 0.15) is 0 Å². The van der Waals surface area contributed by atoms with Gasteiger partial charge >= 0.3 is 194 Å². The molecule has 7 heteroatoms. The van der Waals surface area contributed by atoms with Crippen molar-refractivity contribution in [3.8, 4) is 0 Å². The van der Waals surface area contributed by atoms with Crippen molar-refractivity contribution >= 4 is 34.3 Å². The molecule has 7 atom stereocenters. The molecule has 0 amide bonds. The minimum absolute atomic E-state index is 0.0241. The molecule has 0 bridgehead atoms.